The summed E-state index contributed by atoms with van der Waals surface area (Å²) in [6.07, 6.45) is 5.17. The summed E-state index contributed by atoms with van der Waals surface area (Å²) < 4.78 is 48.3. The van der Waals surface area contributed by atoms with E-state index in [-0.39, 0.29) is 0 Å². The van der Waals surface area contributed by atoms with Gasteiger partial charge in [-0.1, -0.05) is 12.7 Å². The first kappa shape index (κ1) is 20.1. The number of ether oxygens (including phenoxy) is 2. The Morgan fingerprint density at radius 3 is 2.89 bits per heavy atom. The Labute approximate surface area is 160 Å². The number of aromatic nitrogens is 4. The van der Waals surface area contributed by atoms with Gasteiger partial charge in [-0.25, -0.2) is 0 Å². The fourth-order valence-corrected chi connectivity index (χ4v) is 2.99. The van der Waals surface area contributed by atoms with Gasteiger partial charge in [0.15, 0.2) is 5.65 Å². The molecule has 28 heavy (non-hydrogen) atoms. The predicted octanol–water partition coefficient (Wildman–Crippen LogP) is 4.10. The van der Waals surface area contributed by atoms with Crippen molar-refractivity contribution >= 4 is 11.2 Å². The summed E-state index contributed by atoms with van der Waals surface area (Å²) in [4.78, 5) is 4.31. The van der Waals surface area contributed by atoms with Crippen molar-refractivity contribution in [1.82, 2.24) is 19.6 Å². The average molecular weight is 394 g/mol. The standard InChI is InChI=1S/C19H21F3N4O2/c1-3-15(28-19(20,21)22)7-6-13(2)16-11-26-17(24-25-18(26)10-23-16)9-14-5-4-8-27-12-14/h3,6-7,10-11,14H,1,4-5,8-9,12H2,2H3/b13-6+,15-7+/t14-/m0/s1. The van der Waals surface area contributed by atoms with Crippen molar-refractivity contribution in [3.63, 3.8) is 0 Å². The van der Waals surface area contributed by atoms with Crippen LogP contribution in [0.1, 0.15) is 31.3 Å². The monoisotopic (exact) mass is 394 g/mol. The predicted molar refractivity (Wildman–Crippen MR) is 97.1 cm³/mol. The highest BCUT2D eigenvalue weighted by Gasteiger charge is 2.31. The maximum absolute atomic E-state index is 12.3. The number of fused-ring (bicyclic) bond motifs is 1. The Morgan fingerprint density at radius 2 is 2.21 bits per heavy atom. The first-order valence-electron chi connectivity index (χ1n) is 8.90. The van der Waals surface area contributed by atoms with E-state index in [1.807, 2.05) is 4.40 Å². The summed E-state index contributed by atoms with van der Waals surface area (Å²) >= 11 is 0. The largest absolute Gasteiger partial charge is 0.573 e. The second-order valence-corrected chi connectivity index (χ2v) is 6.57. The lowest BCUT2D eigenvalue weighted by atomic mass is 9.98. The second kappa shape index (κ2) is 8.55. The van der Waals surface area contributed by atoms with Crippen LogP contribution in [0.4, 0.5) is 13.2 Å². The number of hydrogen-bond acceptors (Lipinski definition) is 5. The van der Waals surface area contributed by atoms with Crippen LogP contribution in [0, 0.1) is 5.92 Å². The minimum Gasteiger partial charge on any atom is -0.406 e. The van der Waals surface area contributed by atoms with Crippen molar-refractivity contribution in [2.75, 3.05) is 13.2 Å². The van der Waals surface area contributed by atoms with Crippen LogP contribution < -0.4 is 0 Å². The number of alkyl halides is 3. The zero-order chi connectivity index (χ0) is 20.1. The maximum atomic E-state index is 12.3. The van der Waals surface area contributed by atoms with Gasteiger partial charge in [0, 0.05) is 25.8 Å². The molecule has 1 aliphatic rings. The summed E-state index contributed by atoms with van der Waals surface area (Å²) in [5.41, 5.74) is 1.87. The first-order valence-corrected chi connectivity index (χ1v) is 8.90. The van der Waals surface area contributed by atoms with Crippen LogP contribution in [0.15, 0.2) is 43.0 Å². The molecule has 0 radical (unpaired) electrons. The summed E-state index contributed by atoms with van der Waals surface area (Å²) in [5.74, 6) is 0.812. The molecule has 0 N–H and O–H groups in total. The number of hydrogen-bond donors (Lipinski definition) is 0. The summed E-state index contributed by atoms with van der Waals surface area (Å²) in [5, 5.41) is 8.38. The zero-order valence-electron chi connectivity index (χ0n) is 15.4. The highest BCUT2D eigenvalue weighted by atomic mass is 19.4. The quantitative estimate of drug-likeness (QED) is 0.545. The minimum absolute atomic E-state index is 0.393. The molecule has 3 rings (SSSR count). The molecule has 0 unspecified atom stereocenters. The van der Waals surface area contributed by atoms with Crippen molar-refractivity contribution in [1.29, 1.82) is 0 Å². The molecule has 9 heteroatoms. The minimum atomic E-state index is -4.76. The van der Waals surface area contributed by atoms with Gasteiger partial charge in [0.05, 0.1) is 11.9 Å². The molecule has 1 saturated heterocycles. The number of nitrogens with zero attached hydrogens (tertiary/aromatic N) is 4. The van der Waals surface area contributed by atoms with Crippen LogP contribution in [0.25, 0.3) is 11.2 Å². The molecule has 150 valence electrons. The first-order chi connectivity index (χ1) is 13.4. The lowest BCUT2D eigenvalue weighted by molar-refractivity contribution is -0.303. The molecule has 1 fully saturated rings. The van der Waals surface area contributed by atoms with Gasteiger partial charge >= 0.3 is 6.36 Å². The fraction of sp³-hybridized carbons (Fsp3) is 0.421. The topological polar surface area (TPSA) is 61.5 Å². The summed E-state index contributed by atoms with van der Waals surface area (Å²) in [7, 11) is 0. The third-order valence-electron chi connectivity index (χ3n) is 4.43. The Bertz CT molecular complexity index is 896. The van der Waals surface area contributed by atoms with Gasteiger partial charge in [-0.2, -0.15) is 0 Å². The van der Waals surface area contributed by atoms with Crippen LogP contribution >= 0.6 is 0 Å². The van der Waals surface area contributed by atoms with E-state index in [0.29, 0.717) is 29.4 Å². The van der Waals surface area contributed by atoms with E-state index in [1.54, 1.807) is 19.3 Å². The Morgan fingerprint density at radius 1 is 1.39 bits per heavy atom. The molecule has 0 saturated carbocycles. The molecule has 0 bridgehead atoms. The SMILES string of the molecule is C=C/C(=C\C=C(/C)c1cn2c(C[C@@H]3CCCOC3)nnc2cn1)OC(F)(F)F. The molecular weight excluding hydrogens is 373 g/mol. The molecule has 0 amide bonds. The van der Waals surface area contributed by atoms with Gasteiger partial charge in [0.25, 0.3) is 0 Å². The smallest absolute Gasteiger partial charge is 0.406 e. The zero-order valence-corrected chi connectivity index (χ0v) is 15.4. The van der Waals surface area contributed by atoms with Crippen LogP contribution in [-0.4, -0.2) is 39.2 Å². The molecule has 2 aromatic heterocycles. The Hall–Kier alpha value is -2.68. The van der Waals surface area contributed by atoms with E-state index < -0.39 is 12.1 Å². The van der Waals surface area contributed by atoms with Gasteiger partial charge in [0.2, 0.25) is 0 Å². The van der Waals surface area contributed by atoms with E-state index >= 15 is 0 Å². The molecule has 2 aromatic rings. The number of allylic oxidation sites excluding steroid dienone is 4. The van der Waals surface area contributed by atoms with Crippen LogP contribution in [0.2, 0.25) is 0 Å². The number of halogens is 3. The van der Waals surface area contributed by atoms with Crippen molar-refractivity contribution in [3.05, 3.63) is 54.5 Å². The van der Waals surface area contributed by atoms with Crippen molar-refractivity contribution in [2.45, 2.75) is 32.5 Å². The van der Waals surface area contributed by atoms with Gasteiger partial charge in [-0.3, -0.25) is 9.38 Å². The average Bonchev–Trinajstić information content (AvgIpc) is 3.07. The van der Waals surface area contributed by atoms with Crippen molar-refractivity contribution in [3.8, 4) is 0 Å². The van der Waals surface area contributed by atoms with Crippen molar-refractivity contribution < 1.29 is 22.6 Å². The molecule has 1 atom stereocenters. The van der Waals surface area contributed by atoms with Crippen LogP contribution in [0.5, 0.6) is 0 Å². The second-order valence-electron chi connectivity index (χ2n) is 6.57. The lowest BCUT2D eigenvalue weighted by Gasteiger charge is -2.21. The van der Waals surface area contributed by atoms with Crippen LogP contribution in [0.3, 0.4) is 0 Å². The number of rotatable bonds is 6. The van der Waals surface area contributed by atoms with Gasteiger partial charge in [-0.05, 0) is 43.4 Å². The lowest BCUT2D eigenvalue weighted by Crippen LogP contribution is -2.20. The van der Waals surface area contributed by atoms with E-state index in [0.717, 1.165) is 37.8 Å². The maximum Gasteiger partial charge on any atom is 0.573 e. The van der Waals surface area contributed by atoms with Gasteiger partial charge in [0.1, 0.15) is 11.6 Å². The fourth-order valence-electron chi connectivity index (χ4n) is 2.99. The van der Waals surface area contributed by atoms with Crippen molar-refractivity contribution in [2.24, 2.45) is 5.92 Å². The summed E-state index contributed by atoms with van der Waals surface area (Å²) in [6, 6.07) is 0. The normalized spacial score (nSPS) is 19.1. The molecule has 0 aliphatic carbocycles. The molecule has 1 aliphatic heterocycles. The highest BCUT2D eigenvalue weighted by molar-refractivity contribution is 5.62. The third-order valence-corrected chi connectivity index (χ3v) is 4.43. The Kier molecular flexibility index (Phi) is 6.13. The molecule has 3 heterocycles. The van der Waals surface area contributed by atoms with Crippen LogP contribution in [-0.2, 0) is 15.9 Å². The third kappa shape index (κ3) is 5.19. The van der Waals surface area contributed by atoms with Gasteiger partial charge < -0.3 is 9.47 Å². The molecule has 0 spiro atoms. The van der Waals surface area contributed by atoms with E-state index in [1.165, 1.54) is 12.2 Å². The van der Waals surface area contributed by atoms with E-state index in [4.69, 9.17) is 4.74 Å². The Balaban J connectivity index is 1.82. The van der Waals surface area contributed by atoms with E-state index in [9.17, 15) is 13.2 Å². The molecule has 6 nitrogen and oxygen atoms in total. The van der Waals surface area contributed by atoms with E-state index in [2.05, 4.69) is 26.5 Å². The summed E-state index contributed by atoms with van der Waals surface area (Å²) in [6.45, 7) is 6.58. The molecule has 0 aromatic carbocycles. The highest BCUT2D eigenvalue weighted by Crippen LogP contribution is 2.22. The molecular formula is C19H21F3N4O2. The van der Waals surface area contributed by atoms with Gasteiger partial charge in [-0.15, -0.1) is 23.4 Å².